The van der Waals surface area contributed by atoms with Crippen LogP contribution in [0.1, 0.15) is 49.9 Å². The van der Waals surface area contributed by atoms with E-state index in [1.165, 1.54) is 77.9 Å². The predicted molar refractivity (Wildman–Crippen MR) is 238 cm³/mol. The van der Waals surface area contributed by atoms with Gasteiger partial charge in [0, 0.05) is 38.5 Å². The minimum atomic E-state index is -0.154. The highest BCUT2D eigenvalue weighted by molar-refractivity contribution is 6.34. The minimum absolute atomic E-state index is 0.110. The van der Waals surface area contributed by atoms with Gasteiger partial charge in [0.25, 0.3) is 0 Å². The van der Waals surface area contributed by atoms with E-state index in [4.69, 9.17) is 11.6 Å². The standard InChI is InChI=1S/C54H42ClN/c1-53(2)47-16-11-17-51(55)52(47)46-34-49-45(33-50(46)53)44-31-24-40(32-48(44)54(49,3)4)39-22-29-43(30-23-39)56(41-25-18-37(19-26-41)35-12-7-5-8-13-35)42-27-20-38(21-28-42)36-14-9-6-10-15-36/h5-34H,1-4H3. The van der Waals surface area contributed by atoms with Gasteiger partial charge in [0.1, 0.15) is 0 Å². The molecule has 8 aromatic rings. The molecule has 56 heavy (non-hydrogen) atoms. The molecule has 2 aliphatic carbocycles. The molecule has 0 heterocycles. The quantitative estimate of drug-likeness (QED) is 0.164. The highest BCUT2D eigenvalue weighted by Gasteiger charge is 2.42. The molecule has 8 aromatic carbocycles. The van der Waals surface area contributed by atoms with Crippen LogP contribution in [0.3, 0.4) is 0 Å². The summed E-state index contributed by atoms with van der Waals surface area (Å²) in [6.07, 6.45) is 0. The number of hydrogen-bond donors (Lipinski definition) is 0. The molecule has 0 spiro atoms. The van der Waals surface area contributed by atoms with Crippen LogP contribution in [0, 0.1) is 0 Å². The van der Waals surface area contributed by atoms with Gasteiger partial charge in [-0.2, -0.15) is 0 Å². The monoisotopic (exact) mass is 739 g/mol. The van der Waals surface area contributed by atoms with Gasteiger partial charge in [0.15, 0.2) is 0 Å². The van der Waals surface area contributed by atoms with Crippen molar-refractivity contribution in [2.45, 2.75) is 38.5 Å². The SMILES string of the molecule is CC1(C)c2cc(-c3ccc(N(c4ccc(-c5ccccc5)cc4)c4ccc(-c5ccccc5)cc4)cc3)ccc2-c2cc3c(cc21)-c1c(Cl)cccc1C3(C)C. The lowest BCUT2D eigenvalue weighted by Crippen LogP contribution is -2.17. The summed E-state index contributed by atoms with van der Waals surface area (Å²) in [6.45, 7) is 9.40. The first-order valence-corrected chi connectivity index (χ1v) is 19.9. The predicted octanol–water partition coefficient (Wildman–Crippen LogP) is 15.4. The lowest BCUT2D eigenvalue weighted by Gasteiger charge is -2.26. The van der Waals surface area contributed by atoms with Crippen molar-refractivity contribution in [1.82, 2.24) is 0 Å². The second-order valence-corrected chi connectivity index (χ2v) is 16.7. The van der Waals surface area contributed by atoms with Crippen molar-refractivity contribution < 1.29 is 0 Å². The van der Waals surface area contributed by atoms with Gasteiger partial charge >= 0.3 is 0 Å². The normalized spacial score (nSPS) is 14.1. The second kappa shape index (κ2) is 13.0. The fourth-order valence-electron chi connectivity index (χ4n) is 9.27. The van der Waals surface area contributed by atoms with E-state index in [-0.39, 0.29) is 10.8 Å². The molecule has 0 fully saturated rings. The largest absolute Gasteiger partial charge is 0.311 e. The molecule has 0 unspecified atom stereocenters. The van der Waals surface area contributed by atoms with Gasteiger partial charge in [0.05, 0.1) is 0 Å². The third-order valence-corrected chi connectivity index (χ3v) is 12.7. The Kier molecular flexibility index (Phi) is 7.96. The lowest BCUT2D eigenvalue weighted by atomic mass is 9.79. The van der Waals surface area contributed by atoms with E-state index >= 15 is 0 Å². The Balaban J connectivity index is 1.01. The van der Waals surface area contributed by atoms with Crippen LogP contribution in [0.5, 0.6) is 0 Å². The highest BCUT2D eigenvalue weighted by Crippen LogP contribution is 2.57. The van der Waals surface area contributed by atoms with Gasteiger partial charge < -0.3 is 4.90 Å². The summed E-state index contributed by atoms with van der Waals surface area (Å²) in [5.74, 6) is 0. The zero-order valence-corrected chi connectivity index (χ0v) is 32.9. The van der Waals surface area contributed by atoms with Gasteiger partial charge in [0.2, 0.25) is 0 Å². The molecule has 0 saturated carbocycles. The highest BCUT2D eigenvalue weighted by atomic mass is 35.5. The summed E-state index contributed by atoms with van der Waals surface area (Å²) in [7, 11) is 0. The molecule has 0 aromatic heterocycles. The first kappa shape index (κ1) is 34.3. The Labute approximate surface area is 335 Å². The van der Waals surface area contributed by atoms with Crippen LogP contribution in [0.15, 0.2) is 182 Å². The number of nitrogens with zero attached hydrogens (tertiary/aromatic N) is 1. The number of fused-ring (bicyclic) bond motifs is 6. The molecule has 0 bridgehead atoms. The van der Waals surface area contributed by atoms with Crippen LogP contribution in [-0.4, -0.2) is 0 Å². The smallest absolute Gasteiger partial charge is 0.0487 e. The summed E-state index contributed by atoms with van der Waals surface area (Å²) >= 11 is 6.88. The molecule has 270 valence electrons. The molecule has 0 atom stereocenters. The van der Waals surface area contributed by atoms with E-state index in [1.807, 2.05) is 6.07 Å². The first-order valence-electron chi connectivity index (χ1n) is 19.5. The molecule has 1 nitrogen and oxygen atoms in total. The van der Waals surface area contributed by atoms with Crippen molar-refractivity contribution in [3.63, 3.8) is 0 Å². The Morgan fingerprint density at radius 3 is 1.29 bits per heavy atom. The lowest BCUT2D eigenvalue weighted by molar-refractivity contribution is 0.652. The second-order valence-electron chi connectivity index (χ2n) is 16.3. The van der Waals surface area contributed by atoms with E-state index in [0.717, 1.165) is 22.1 Å². The molecule has 0 aliphatic heterocycles. The molecule has 2 aliphatic rings. The van der Waals surface area contributed by atoms with Crippen LogP contribution < -0.4 is 4.90 Å². The van der Waals surface area contributed by atoms with Crippen molar-refractivity contribution in [3.05, 3.63) is 209 Å². The Hall–Kier alpha value is -6.15. The number of benzene rings is 8. The molecule has 0 saturated heterocycles. The fourth-order valence-corrected chi connectivity index (χ4v) is 9.54. The minimum Gasteiger partial charge on any atom is -0.311 e. The van der Waals surface area contributed by atoms with Gasteiger partial charge in [-0.3, -0.25) is 0 Å². The Morgan fingerprint density at radius 1 is 0.339 bits per heavy atom. The summed E-state index contributed by atoms with van der Waals surface area (Å²) in [5.41, 5.74) is 20.9. The van der Waals surface area contributed by atoms with Crippen LogP contribution in [0.4, 0.5) is 17.1 Å². The summed E-state index contributed by atoms with van der Waals surface area (Å²) < 4.78 is 0. The van der Waals surface area contributed by atoms with Crippen molar-refractivity contribution in [2.24, 2.45) is 0 Å². The first-order chi connectivity index (χ1) is 27.2. The zero-order valence-electron chi connectivity index (χ0n) is 32.1. The number of anilines is 3. The summed E-state index contributed by atoms with van der Waals surface area (Å²) in [6, 6.07) is 66.3. The van der Waals surface area contributed by atoms with E-state index in [1.54, 1.807) is 0 Å². The molecule has 0 amide bonds. The summed E-state index contributed by atoms with van der Waals surface area (Å²) in [5, 5.41) is 0.834. The molecule has 0 radical (unpaired) electrons. The van der Waals surface area contributed by atoms with Crippen molar-refractivity contribution in [2.75, 3.05) is 4.90 Å². The summed E-state index contributed by atoms with van der Waals surface area (Å²) in [4.78, 5) is 2.35. The van der Waals surface area contributed by atoms with Gasteiger partial charge in [-0.05, 0) is 133 Å². The molecule has 0 N–H and O–H groups in total. The number of hydrogen-bond acceptors (Lipinski definition) is 1. The topological polar surface area (TPSA) is 3.24 Å². The van der Waals surface area contributed by atoms with E-state index < -0.39 is 0 Å². The molecular formula is C54H42ClN. The molecule has 10 rings (SSSR count). The number of rotatable bonds is 6. The molecule has 2 heteroatoms. The molecular weight excluding hydrogens is 698 g/mol. The third kappa shape index (κ3) is 5.45. The van der Waals surface area contributed by atoms with Crippen molar-refractivity contribution in [1.29, 1.82) is 0 Å². The van der Waals surface area contributed by atoms with Gasteiger partial charge in [-0.1, -0.05) is 161 Å². The van der Waals surface area contributed by atoms with Crippen molar-refractivity contribution in [3.8, 4) is 55.6 Å². The van der Waals surface area contributed by atoms with Crippen molar-refractivity contribution >= 4 is 28.7 Å². The van der Waals surface area contributed by atoms with Crippen LogP contribution in [0.25, 0.3) is 55.6 Å². The van der Waals surface area contributed by atoms with Gasteiger partial charge in [-0.25, -0.2) is 0 Å². The average Bonchev–Trinajstić information content (AvgIpc) is 3.60. The van der Waals surface area contributed by atoms with E-state index in [9.17, 15) is 0 Å². The zero-order chi connectivity index (χ0) is 38.2. The maximum atomic E-state index is 6.88. The van der Waals surface area contributed by atoms with Crippen LogP contribution >= 0.6 is 11.6 Å². The van der Waals surface area contributed by atoms with Crippen LogP contribution in [-0.2, 0) is 10.8 Å². The maximum absolute atomic E-state index is 6.88. The maximum Gasteiger partial charge on any atom is 0.0487 e. The van der Waals surface area contributed by atoms with E-state index in [2.05, 4.69) is 209 Å². The fraction of sp³-hybridized carbons (Fsp3) is 0.111. The average molecular weight is 740 g/mol. The number of halogens is 1. The van der Waals surface area contributed by atoms with Gasteiger partial charge in [-0.15, -0.1) is 0 Å². The van der Waals surface area contributed by atoms with E-state index in [0.29, 0.717) is 0 Å². The Morgan fingerprint density at radius 2 is 0.750 bits per heavy atom. The van der Waals surface area contributed by atoms with Crippen LogP contribution in [0.2, 0.25) is 5.02 Å². The Bertz CT molecular complexity index is 2680. The third-order valence-electron chi connectivity index (χ3n) is 12.4.